The van der Waals surface area contributed by atoms with Crippen LogP contribution in [0.2, 0.25) is 5.02 Å². The molecule has 2 rings (SSSR count). The van der Waals surface area contributed by atoms with Crippen molar-refractivity contribution in [2.45, 2.75) is 29.8 Å². The van der Waals surface area contributed by atoms with Crippen molar-refractivity contribution >= 4 is 39.4 Å². The van der Waals surface area contributed by atoms with Crippen LogP contribution in [0.5, 0.6) is 0 Å². The molecule has 0 spiro atoms. The van der Waals surface area contributed by atoms with Crippen molar-refractivity contribution in [2.24, 2.45) is 7.05 Å². The fourth-order valence-electron chi connectivity index (χ4n) is 2.14. The predicted molar refractivity (Wildman–Crippen MR) is 75.2 cm³/mol. The van der Waals surface area contributed by atoms with Crippen LogP contribution in [-0.4, -0.2) is 50.7 Å². The van der Waals surface area contributed by atoms with Crippen molar-refractivity contribution in [3.63, 3.8) is 0 Å². The Balaban J connectivity index is 2.53. The second kappa shape index (κ2) is 5.55. The third-order valence-corrected chi connectivity index (χ3v) is 7.05. The van der Waals surface area contributed by atoms with Gasteiger partial charge < -0.3 is 5.11 Å². The summed E-state index contributed by atoms with van der Waals surface area (Å²) < 4.78 is 27.6. The maximum Gasteiger partial charge on any atom is 0.322 e. The number of nitrogens with zero attached hydrogens (tertiary/aromatic N) is 3. The van der Waals surface area contributed by atoms with Crippen molar-refractivity contribution in [2.75, 3.05) is 5.75 Å². The zero-order chi connectivity index (χ0) is 15.1. The van der Waals surface area contributed by atoms with Crippen LogP contribution in [-0.2, 0) is 21.9 Å². The number of sulfonamides is 1. The standard InChI is InChI=1S/C10H14ClN3O4S2/c1-3-8-14(7(5-19-8)10(15)16)20(17,18)9-6(11)4-12-13(9)2/h4,7-8H,3,5H2,1-2H3,(H,15,16). The number of hydrogen-bond acceptors (Lipinski definition) is 5. The van der Waals surface area contributed by atoms with E-state index >= 15 is 0 Å². The number of halogens is 1. The summed E-state index contributed by atoms with van der Waals surface area (Å²) in [5.74, 6) is -0.932. The maximum atomic E-state index is 12.7. The zero-order valence-corrected chi connectivity index (χ0v) is 13.2. The van der Waals surface area contributed by atoms with Gasteiger partial charge in [0, 0.05) is 12.8 Å². The fraction of sp³-hybridized carbons (Fsp3) is 0.600. The molecule has 2 atom stereocenters. The number of carboxylic acid groups (broad SMARTS) is 1. The van der Waals surface area contributed by atoms with Gasteiger partial charge >= 0.3 is 5.97 Å². The molecule has 2 heterocycles. The molecule has 10 heteroatoms. The van der Waals surface area contributed by atoms with Crippen LogP contribution in [0.1, 0.15) is 13.3 Å². The molecule has 0 aliphatic carbocycles. The minimum Gasteiger partial charge on any atom is -0.480 e. The van der Waals surface area contributed by atoms with Gasteiger partial charge in [-0.1, -0.05) is 18.5 Å². The Morgan fingerprint density at radius 3 is 2.75 bits per heavy atom. The Morgan fingerprint density at radius 2 is 2.30 bits per heavy atom. The number of aromatic nitrogens is 2. The minimum absolute atomic E-state index is 0.0107. The Bertz CT molecular complexity index is 611. The lowest BCUT2D eigenvalue weighted by molar-refractivity contribution is -0.140. The number of carboxylic acids is 1. The van der Waals surface area contributed by atoms with Gasteiger partial charge in [0.15, 0.2) is 5.03 Å². The minimum atomic E-state index is -4.01. The Labute approximate surface area is 125 Å². The zero-order valence-electron chi connectivity index (χ0n) is 10.9. The summed E-state index contributed by atoms with van der Waals surface area (Å²) in [6, 6.07) is -1.08. The third kappa shape index (κ3) is 2.43. The van der Waals surface area contributed by atoms with E-state index in [9.17, 15) is 18.3 Å². The van der Waals surface area contributed by atoms with E-state index in [-0.39, 0.29) is 15.8 Å². The topological polar surface area (TPSA) is 92.5 Å². The molecule has 0 amide bonds. The predicted octanol–water partition coefficient (Wildman–Crippen LogP) is 1.00. The van der Waals surface area contributed by atoms with Crippen LogP contribution in [0.25, 0.3) is 0 Å². The summed E-state index contributed by atoms with van der Waals surface area (Å²) in [4.78, 5) is 11.3. The monoisotopic (exact) mass is 339 g/mol. The van der Waals surface area contributed by atoms with Crippen molar-refractivity contribution in [3.05, 3.63) is 11.2 Å². The third-order valence-electron chi connectivity index (χ3n) is 3.04. The van der Waals surface area contributed by atoms with Crippen LogP contribution in [0, 0.1) is 0 Å². The van der Waals surface area contributed by atoms with Gasteiger partial charge in [-0.25, -0.2) is 8.42 Å². The lowest BCUT2D eigenvalue weighted by Crippen LogP contribution is -2.45. The summed E-state index contributed by atoms with van der Waals surface area (Å²) in [5.41, 5.74) is 0. The average molecular weight is 340 g/mol. The molecule has 0 bridgehead atoms. The smallest absolute Gasteiger partial charge is 0.322 e. The van der Waals surface area contributed by atoms with Gasteiger partial charge in [0.25, 0.3) is 10.0 Å². The highest BCUT2D eigenvalue weighted by Crippen LogP contribution is 2.37. The highest BCUT2D eigenvalue weighted by molar-refractivity contribution is 8.01. The molecule has 1 aromatic heterocycles. The van der Waals surface area contributed by atoms with Gasteiger partial charge in [0.05, 0.1) is 16.6 Å². The van der Waals surface area contributed by atoms with Crippen LogP contribution >= 0.6 is 23.4 Å². The quantitative estimate of drug-likeness (QED) is 0.879. The van der Waals surface area contributed by atoms with Gasteiger partial charge in [0.1, 0.15) is 6.04 Å². The highest BCUT2D eigenvalue weighted by Gasteiger charge is 2.47. The van der Waals surface area contributed by atoms with E-state index in [2.05, 4.69) is 5.10 Å². The second-order valence-electron chi connectivity index (χ2n) is 4.31. The van der Waals surface area contributed by atoms with Crippen LogP contribution in [0.3, 0.4) is 0 Å². The fourth-order valence-corrected chi connectivity index (χ4v) is 6.29. The van der Waals surface area contributed by atoms with Crippen molar-refractivity contribution in [1.29, 1.82) is 0 Å². The Kier molecular flexibility index (Phi) is 4.33. The van der Waals surface area contributed by atoms with Gasteiger partial charge in [-0.05, 0) is 6.42 Å². The van der Waals surface area contributed by atoms with Crippen LogP contribution in [0.15, 0.2) is 11.2 Å². The molecule has 20 heavy (non-hydrogen) atoms. The number of rotatable bonds is 4. The molecule has 0 aromatic carbocycles. The molecule has 112 valence electrons. The van der Waals surface area contributed by atoms with E-state index in [1.165, 1.54) is 25.0 Å². The molecule has 1 saturated heterocycles. The Hall–Kier alpha value is -0.770. The lowest BCUT2D eigenvalue weighted by atomic mass is 10.3. The van der Waals surface area contributed by atoms with Gasteiger partial charge in [-0.2, -0.15) is 9.40 Å². The first kappa shape index (κ1) is 15.6. The van der Waals surface area contributed by atoms with Crippen LogP contribution in [0.4, 0.5) is 0 Å². The highest BCUT2D eigenvalue weighted by atomic mass is 35.5. The number of aliphatic carboxylic acids is 1. The number of carbonyl (C=O) groups is 1. The molecule has 1 aliphatic rings. The van der Waals surface area contributed by atoms with Crippen molar-refractivity contribution in [1.82, 2.24) is 14.1 Å². The van der Waals surface area contributed by atoms with Gasteiger partial charge in [-0.15, -0.1) is 11.8 Å². The number of aryl methyl sites for hydroxylation is 1. The molecule has 1 aliphatic heterocycles. The first-order chi connectivity index (χ1) is 9.30. The molecule has 1 N–H and O–H groups in total. The van der Waals surface area contributed by atoms with Crippen LogP contribution < -0.4 is 0 Å². The van der Waals surface area contributed by atoms with Crippen molar-refractivity contribution < 1.29 is 18.3 Å². The molecule has 7 nitrogen and oxygen atoms in total. The van der Waals surface area contributed by atoms with Gasteiger partial charge in [-0.3, -0.25) is 9.48 Å². The largest absolute Gasteiger partial charge is 0.480 e. The molecule has 2 unspecified atom stereocenters. The average Bonchev–Trinajstić information content (AvgIpc) is 2.93. The first-order valence-electron chi connectivity index (χ1n) is 5.86. The normalized spacial score (nSPS) is 24.1. The van der Waals surface area contributed by atoms with E-state index in [1.807, 2.05) is 6.92 Å². The van der Waals surface area contributed by atoms with E-state index in [0.717, 1.165) is 8.99 Å². The molecule has 1 fully saturated rings. The summed E-state index contributed by atoms with van der Waals surface area (Å²) in [6.07, 6.45) is 1.75. The lowest BCUT2D eigenvalue weighted by Gasteiger charge is -2.25. The molecule has 0 radical (unpaired) electrons. The van der Waals surface area contributed by atoms with Crippen molar-refractivity contribution in [3.8, 4) is 0 Å². The number of hydrogen-bond donors (Lipinski definition) is 1. The van der Waals surface area contributed by atoms with E-state index in [0.29, 0.717) is 6.42 Å². The molecule has 0 saturated carbocycles. The Morgan fingerprint density at radius 1 is 1.65 bits per heavy atom. The summed E-state index contributed by atoms with van der Waals surface area (Å²) >= 11 is 7.20. The molecule has 1 aromatic rings. The van der Waals surface area contributed by atoms with E-state index in [1.54, 1.807) is 0 Å². The van der Waals surface area contributed by atoms with E-state index < -0.39 is 27.4 Å². The first-order valence-corrected chi connectivity index (χ1v) is 8.72. The number of thioether (sulfide) groups is 1. The second-order valence-corrected chi connectivity index (χ2v) is 7.68. The van der Waals surface area contributed by atoms with E-state index in [4.69, 9.17) is 11.6 Å². The summed E-state index contributed by atoms with van der Waals surface area (Å²) in [5, 5.41) is 12.4. The summed E-state index contributed by atoms with van der Waals surface area (Å²) in [7, 11) is -2.55. The molecular formula is C10H14ClN3O4S2. The molecular weight excluding hydrogens is 326 g/mol. The maximum absolute atomic E-state index is 12.7. The van der Waals surface area contributed by atoms with Gasteiger partial charge in [0.2, 0.25) is 0 Å². The SMILES string of the molecule is CCC1SCC(C(=O)O)N1S(=O)(=O)c1c(Cl)cnn1C. The summed E-state index contributed by atoms with van der Waals surface area (Å²) in [6.45, 7) is 1.81.